The fourth-order valence-electron chi connectivity index (χ4n) is 3.66. The first-order chi connectivity index (χ1) is 15.8. The number of sulfonamides is 1. The monoisotopic (exact) mass is 527 g/mol. The summed E-state index contributed by atoms with van der Waals surface area (Å²) >= 11 is 13.5. The quantitative estimate of drug-likeness (QED) is 0.448. The van der Waals surface area contributed by atoms with Crippen LogP contribution in [-0.2, 0) is 16.4 Å². The van der Waals surface area contributed by atoms with E-state index >= 15 is 0 Å². The van der Waals surface area contributed by atoms with Crippen LogP contribution in [0.25, 0.3) is 0 Å². The summed E-state index contributed by atoms with van der Waals surface area (Å²) in [7, 11) is -0.409. The number of aromatic nitrogens is 1. The number of nitrogens with zero attached hydrogens (tertiary/aromatic N) is 3. The molecule has 1 fully saturated rings. The molecule has 0 N–H and O–H groups in total. The highest BCUT2D eigenvalue weighted by Gasteiger charge is 2.30. The maximum atomic E-state index is 13.0. The highest BCUT2D eigenvalue weighted by atomic mass is 35.5. The summed E-state index contributed by atoms with van der Waals surface area (Å²) in [5, 5.41) is 3.49. The molecule has 7 nitrogen and oxygen atoms in total. The number of ether oxygens (including phenoxy) is 2. The molecule has 1 aliphatic heterocycles. The Labute approximate surface area is 207 Å². The van der Waals surface area contributed by atoms with Gasteiger partial charge in [-0.1, -0.05) is 29.3 Å². The lowest BCUT2D eigenvalue weighted by molar-refractivity contribution is 0.384. The third kappa shape index (κ3) is 5.38. The van der Waals surface area contributed by atoms with Crippen LogP contribution < -0.4 is 14.4 Å². The first-order valence-electron chi connectivity index (χ1n) is 10.2. The lowest BCUT2D eigenvalue weighted by Crippen LogP contribution is -2.48. The summed E-state index contributed by atoms with van der Waals surface area (Å²) in [6.07, 6.45) is 0.632. The maximum Gasteiger partial charge on any atom is 0.243 e. The van der Waals surface area contributed by atoms with Crippen LogP contribution in [0.5, 0.6) is 11.5 Å². The second-order valence-corrected chi connectivity index (χ2v) is 11.1. The zero-order valence-corrected chi connectivity index (χ0v) is 21.3. The SMILES string of the molecule is COc1ccc(Cc2csc(N3CCN(S(=O)(=O)c4cc(Cl)cc(Cl)c4)CC3)n2)c(OC)c1. The number of piperazine rings is 1. The Morgan fingerprint density at radius 2 is 1.70 bits per heavy atom. The van der Waals surface area contributed by atoms with Gasteiger partial charge in [-0.25, -0.2) is 13.4 Å². The topological polar surface area (TPSA) is 72.0 Å². The van der Waals surface area contributed by atoms with Gasteiger partial charge in [0.15, 0.2) is 5.13 Å². The van der Waals surface area contributed by atoms with E-state index in [4.69, 9.17) is 37.7 Å². The Kier molecular flexibility index (Phi) is 7.35. The predicted octanol–water partition coefficient (Wildman–Crippen LogP) is 4.57. The van der Waals surface area contributed by atoms with E-state index in [1.54, 1.807) is 25.6 Å². The van der Waals surface area contributed by atoms with Crippen molar-refractivity contribution in [3.63, 3.8) is 0 Å². The molecule has 2 aromatic carbocycles. The minimum Gasteiger partial charge on any atom is -0.497 e. The van der Waals surface area contributed by atoms with E-state index in [-0.39, 0.29) is 4.90 Å². The van der Waals surface area contributed by atoms with Gasteiger partial charge in [0, 0.05) is 59.7 Å². The van der Waals surface area contributed by atoms with Crippen molar-refractivity contribution in [2.45, 2.75) is 11.3 Å². The third-order valence-corrected chi connectivity index (χ3v) is 8.65. The number of hydrogen-bond donors (Lipinski definition) is 0. The van der Waals surface area contributed by atoms with Crippen LogP contribution in [0.15, 0.2) is 46.7 Å². The molecule has 0 unspecified atom stereocenters. The second kappa shape index (κ2) is 10.1. The molecule has 176 valence electrons. The number of methoxy groups -OCH3 is 2. The van der Waals surface area contributed by atoms with Crippen molar-refractivity contribution < 1.29 is 17.9 Å². The van der Waals surface area contributed by atoms with Gasteiger partial charge in [0.2, 0.25) is 10.0 Å². The van der Waals surface area contributed by atoms with Gasteiger partial charge in [-0.15, -0.1) is 11.3 Å². The van der Waals surface area contributed by atoms with Crippen molar-refractivity contribution in [2.75, 3.05) is 45.3 Å². The number of halogens is 2. The smallest absolute Gasteiger partial charge is 0.243 e. The summed E-state index contributed by atoms with van der Waals surface area (Å²) < 4.78 is 38.2. The fraction of sp³-hybridized carbons (Fsp3) is 0.318. The zero-order valence-electron chi connectivity index (χ0n) is 18.1. The Bertz CT molecular complexity index is 1220. The molecule has 33 heavy (non-hydrogen) atoms. The van der Waals surface area contributed by atoms with Crippen molar-refractivity contribution in [3.8, 4) is 11.5 Å². The number of thiazole rings is 1. The van der Waals surface area contributed by atoms with Crippen LogP contribution in [0.4, 0.5) is 5.13 Å². The maximum absolute atomic E-state index is 13.0. The molecule has 4 rings (SSSR count). The summed E-state index contributed by atoms with van der Waals surface area (Å²) in [6.45, 7) is 1.81. The third-order valence-electron chi connectivity index (χ3n) is 5.39. The van der Waals surface area contributed by atoms with Crippen LogP contribution in [0.3, 0.4) is 0 Å². The molecule has 1 aromatic heterocycles. The fourth-order valence-corrected chi connectivity index (χ4v) is 6.69. The minimum absolute atomic E-state index is 0.110. The van der Waals surface area contributed by atoms with Crippen LogP contribution in [-0.4, -0.2) is 58.1 Å². The molecular formula is C22H23Cl2N3O4S2. The number of benzene rings is 2. The van der Waals surface area contributed by atoms with Gasteiger partial charge in [-0.05, 0) is 24.3 Å². The molecule has 3 aromatic rings. The normalized spacial score (nSPS) is 15.0. The summed E-state index contributed by atoms with van der Waals surface area (Å²) in [5.74, 6) is 1.49. The van der Waals surface area contributed by atoms with Gasteiger partial charge in [0.1, 0.15) is 11.5 Å². The molecule has 0 radical (unpaired) electrons. The average molecular weight is 528 g/mol. The molecule has 1 aliphatic rings. The van der Waals surface area contributed by atoms with Crippen molar-refractivity contribution >= 4 is 49.7 Å². The van der Waals surface area contributed by atoms with Crippen molar-refractivity contribution in [1.29, 1.82) is 0 Å². The number of anilines is 1. The second-order valence-electron chi connectivity index (χ2n) is 7.47. The summed E-state index contributed by atoms with van der Waals surface area (Å²) in [5.41, 5.74) is 1.95. The Balaban J connectivity index is 1.42. The van der Waals surface area contributed by atoms with Gasteiger partial charge < -0.3 is 14.4 Å². The first kappa shape index (κ1) is 24.1. The lowest BCUT2D eigenvalue weighted by atomic mass is 10.1. The molecule has 2 heterocycles. The molecule has 0 amide bonds. The number of hydrogen-bond acceptors (Lipinski definition) is 7. The van der Waals surface area contributed by atoms with Gasteiger partial charge in [0.05, 0.1) is 24.8 Å². The number of rotatable bonds is 7. The van der Waals surface area contributed by atoms with Crippen molar-refractivity contribution in [2.24, 2.45) is 0 Å². The van der Waals surface area contributed by atoms with E-state index in [0.717, 1.165) is 27.9 Å². The van der Waals surface area contributed by atoms with Gasteiger partial charge in [-0.2, -0.15) is 4.31 Å². The van der Waals surface area contributed by atoms with E-state index in [9.17, 15) is 8.42 Å². The lowest BCUT2D eigenvalue weighted by Gasteiger charge is -2.33. The van der Waals surface area contributed by atoms with Crippen molar-refractivity contribution in [1.82, 2.24) is 9.29 Å². The minimum atomic E-state index is -3.66. The summed E-state index contributed by atoms with van der Waals surface area (Å²) in [4.78, 5) is 6.99. The molecular weight excluding hydrogens is 505 g/mol. The van der Waals surface area contributed by atoms with E-state index in [2.05, 4.69) is 4.90 Å². The Morgan fingerprint density at radius 1 is 1.00 bits per heavy atom. The van der Waals surface area contributed by atoms with Crippen LogP contribution in [0.2, 0.25) is 10.0 Å². The van der Waals surface area contributed by atoms with Crippen LogP contribution in [0.1, 0.15) is 11.3 Å². The largest absolute Gasteiger partial charge is 0.497 e. The zero-order chi connectivity index (χ0) is 23.6. The summed E-state index contributed by atoms with van der Waals surface area (Å²) in [6, 6.07) is 10.1. The van der Waals surface area contributed by atoms with Crippen LogP contribution in [0, 0.1) is 0 Å². The van der Waals surface area contributed by atoms with E-state index < -0.39 is 10.0 Å². The van der Waals surface area contributed by atoms with Crippen molar-refractivity contribution in [3.05, 3.63) is 63.1 Å². The Morgan fingerprint density at radius 3 is 2.33 bits per heavy atom. The van der Waals surface area contributed by atoms with Gasteiger partial charge >= 0.3 is 0 Å². The Hall–Kier alpha value is -2.04. The van der Waals surface area contributed by atoms with Crippen LogP contribution >= 0.6 is 34.5 Å². The molecule has 0 bridgehead atoms. The van der Waals surface area contributed by atoms with Gasteiger partial charge in [0.25, 0.3) is 0 Å². The molecule has 0 spiro atoms. The highest BCUT2D eigenvalue weighted by Crippen LogP contribution is 2.30. The van der Waals surface area contributed by atoms with E-state index in [0.29, 0.717) is 42.6 Å². The highest BCUT2D eigenvalue weighted by molar-refractivity contribution is 7.89. The molecule has 0 aliphatic carbocycles. The predicted molar refractivity (Wildman–Crippen MR) is 132 cm³/mol. The molecule has 1 saturated heterocycles. The molecule has 11 heteroatoms. The average Bonchev–Trinajstić information content (AvgIpc) is 3.27. The molecule has 0 saturated carbocycles. The van der Waals surface area contributed by atoms with E-state index in [1.165, 1.54) is 22.5 Å². The van der Waals surface area contributed by atoms with E-state index in [1.807, 2.05) is 23.6 Å². The van der Waals surface area contributed by atoms with Gasteiger partial charge in [-0.3, -0.25) is 0 Å². The molecule has 0 atom stereocenters. The first-order valence-corrected chi connectivity index (χ1v) is 13.2. The standard InChI is InChI=1S/C22H23Cl2N3O4S2/c1-30-19-4-3-15(21(13-19)31-2)9-18-14-32-22(25-18)26-5-7-27(8-6-26)33(28,29)20-11-16(23)10-17(24)12-20/h3-4,10-14H,5-9H2,1-2H3.